The first-order valence-corrected chi connectivity index (χ1v) is 11.4. The molecule has 1 amide bonds. The van der Waals surface area contributed by atoms with Crippen LogP contribution in [0.2, 0.25) is 0 Å². The van der Waals surface area contributed by atoms with Gasteiger partial charge in [-0.1, -0.05) is 18.0 Å². The predicted octanol–water partition coefficient (Wildman–Crippen LogP) is 3.20. The van der Waals surface area contributed by atoms with Gasteiger partial charge in [0.2, 0.25) is 5.91 Å². The van der Waals surface area contributed by atoms with Crippen molar-refractivity contribution < 1.29 is 9.32 Å². The molecule has 0 spiro atoms. The van der Waals surface area contributed by atoms with Crippen LogP contribution in [0.4, 0.5) is 0 Å². The van der Waals surface area contributed by atoms with Crippen molar-refractivity contribution in [2.45, 2.75) is 83.3 Å². The van der Waals surface area contributed by atoms with Gasteiger partial charge in [-0.15, -0.1) is 0 Å². The van der Waals surface area contributed by atoms with E-state index in [1.807, 2.05) is 4.90 Å². The largest absolute Gasteiger partial charge is 0.361 e. The van der Waals surface area contributed by atoms with Gasteiger partial charge >= 0.3 is 0 Å². The molecule has 1 atom stereocenters. The molecule has 0 aromatic carbocycles. The summed E-state index contributed by atoms with van der Waals surface area (Å²) in [5.41, 5.74) is 2.23. The Morgan fingerprint density at radius 2 is 1.93 bits per heavy atom. The molecule has 4 rings (SSSR count). The Kier molecular flexibility index (Phi) is 6.68. The molecule has 0 bridgehead atoms. The molecule has 2 fully saturated rings. The first kappa shape index (κ1) is 19.9. The molecular formula is C22H36N4O2. The lowest BCUT2D eigenvalue weighted by Gasteiger charge is -2.32. The normalized spacial score (nSPS) is 24.3. The quantitative estimate of drug-likeness (QED) is 0.749. The molecule has 0 radical (unpaired) electrons. The number of fused-ring (bicyclic) bond motifs is 1. The maximum absolute atomic E-state index is 12.8. The number of carbonyl (C=O) groups is 1. The van der Waals surface area contributed by atoms with Gasteiger partial charge < -0.3 is 14.3 Å². The summed E-state index contributed by atoms with van der Waals surface area (Å²) in [6.45, 7) is 5.84. The molecule has 6 heteroatoms. The molecule has 0 N–H and O–H groups in total. The highest BCUT2D eigenvalue weighted by Gasteiger charge is 2.28. The topological polar surface area (TPSA) is 52.8 Å². The SMILES string of the molecule is CN1CCCCC1CCCC(=O)N1CCc2onc(CN3CCCCC3)c2C1. The van der Waals surface area contributed by atoms with Crippen LogP contribution in [0.15, 0.2) is 4.52 Å². The van der Waals surface area contributed by atoms with Gasteiger partial charge in [0.25, 0.3) is 0 Å². The third-order valence-corrected chi connectivity index (χ3v) is 6.93. The van der Waals surface area contributed by atoms with E-state index in [9.17, 15) is 4.79 Å². The minimum Gasteiger partial charge on any atom is -0.361 e. The monoisotopic (exact) mass is 388 g/mol. The van der Waals surface area contributed by atoms with E-state index >= 15 is 0 Å². The molecule has 6 nitrogen and oxygen atoms in total. The molecule has 4 heterocycles. The minimum absolute atomic E-state index is 0.300. The summed E-state index contributed by atoms with van der Waals surface area (Å²) < 4.78 is 5.61. The van der Waals surface area contributed by atoms with E-state index in [4.69, 9.17) is 4.52 Å². The van der Waals surface area contributed by atoms with Crippen LogP contribution in [-0.4, -0.2) is 65.0 Å². The summed E-state index contributed by atoms with van der Waals surface area (Å²) in [5, 5.41) is 4.36. The molecule has 28 heavy (non-hydrogen) atoms. The Morgan fingerprint density at radius 3 is 2.75 bits per heavy atom. The van der Waals surface area contributed by atoms with E-state index < -0.39 is 0 Å². The lowest BCUT2D eigenvalue weighted by Crippen LogP contribution is -2.38. The van der Waals surface area contributed by atoms with E-state index in [0.29, 0.717) is 24.9 Å². The fourth-order valence-electron chi connectivity index (χ4n) is 5.09. The molecule has 1 unspecified atom stereocenters. The van der Waals surface area contributed by atoms with Crippen molar-refractivity contribution in [3.05, 3.63) is 17.0 Å². The maximum Gasteiger partial charge on any atom is 0.222 e. The first-order valence-electron chi connectivity index (χ1n) is 11.4. The van der Waals surface area contributed by atoms with Crippen LogP contribution in [0.5, 0.6) is 0 Å². The number of amides is 1. The number of piperidine rings is 2. The van der Waals surface area contributed by atoms with E-state index in [1.54, 1.807) is 0 Å². The molecule has 0 saturated carbocycles. The van der Waals surface area contributed by atoms with Crippen molar-refractivity contribution in [1.82, 2.24) is 19.9 Å². The molecular weight excluding hydrogens is 352 g/mol. The lowest BCUT2D eigenvalue weighted by molar-refractivity contribution is -0.132. The molecule has 3 aliphatic heterocycles. The van der Waals surface area contributed by atoms with E-state index in [-0.39, 0.29) is 0 Å². The van der Waals surface area contributed by atoms with Crippen molar-refractivity contribution in [2.24, 2.45) is 0 Å². The molecule has 1 aromatic rings. The van der Waals surface area contributed by atoms with Crippen molar-refractivity contribution in [3.63, 3.8) is 0 Å². The van der Waals surface area contributed by atoms with Gasteiger partial charge in [-0.05, 0) is 65.2 Å². The van der Waals surface area contributed by atoms with Gasteiger partial charge in [-0.25, -0.2) is 0 Å². The van der Waals surface area contributed by atoms with Gasteiger partial charge in [0, 0.05) is 37.5 Å². The van der Waals surface area contributed by atoms with E-state index in [2.05, 4.69) is 22.0 Å². The van der Waals surface area contributed by atoms with Crippen LogP contribution in [-0.2, 0) is 24.3 Å². The number of hydrogen-bond acceptors (Lipinski definition) is 5. The van der Waals surface area contributed by atoms with Crippen molar-refractivity contribution >= 4 is 5.91 Å². The Labute approximate surface area is 169 Å². The van der Waals surface area contributed by atoms with Crippen molar-refractivity contribution in [2.75, 3.05) is 33.2 Å². The Balaban J connectivity index is 1.28. The third-order valence-electron chi connectivity index (χ3n) is 6.93. The molecule has 156 valence electrons. The van der Waals surface area contributed by atoms with Crippen LogP contribution in [0.25, 0.3) is 0 Å². The van der Waals surface area contributed by atoms with Gasteiger partial charge in [0.05, 0.1) is 6.54 Å². The summed E-state index contributed by atoms with van der Waals surface area (Å²) in [7, 11) is 2.23. The molecule has 3 aliphatic rings. The summed E-state index contributed by atoms with van der Waals surface area (Å²) in [5.74, 6) is 1.30. The van der Waals surface area contributed by atoms with Crippen molar-refractivity contribution in [1.29, 1.82) is 0 Å². The zero-order chi connectivity index (χ0) is 19.3. The first-order chi connectivity index (χ1) is 13.7. The minimum atomic E-state index is 0.300. The number of carbonyl (C=O) groups excluding carboxylic acids is 1. The highest BCUT2D eigenvalue weighted by Crippen LogP contribution is 2.26. The van der Waals surface area contributed by atoms with E-state index in [1.165, 1.54) is 50.6 Å². The highest BCUT2D eigenvalue weighted by molar-refractivity contribution is 5.76. The second-order valence-corrected chi connectivity index (χ2v) is 8.96. The Morgan fingerprint density at radius 1 is 1.11 bits per heavy atom. The van der Waals surface area contributed by atoms with Crippen LogP contribution in [0, 0.1) is 0 Å². The van der Waals surface area contributed by atoms with Crippen LogP contribution in [0.1, 0.15) is 74.8 Å². The average molecular weight is 389 g/mol. The highest BCUT2D eigenvalue weighted by atomic mass is 16.5. The number of likely N-dealkylation sites (tertiary alicyclic amines) is 2. The average Bonchev–Trinajstić information content (AvgIpc) is 3.12. The second-order valence-electron chi connectivity index (χ2n) is 8.96. The Hall–Kier alpha value is -1.40. The van der Waals surface area contributed by atoms with Crippen LogP contribution >= 0.6 is 0 Å². The maximum atomic E-state index is 12.8. The fraction of sp³-hybridized carbons (Fsp3) is 0.818. The van der Waals surface area contributed by atoms with Gasteiger partial charge in [0.1, 0.15) is 11.5 Å². The zero-order valence-electron chi connectivity index (χ0n) is 17.5. The zero-order valence-corrected chi connectivity index (χ0v) is 17.5. The van der Waals surface area contributed by atoms with Gasteiger partial charge in [-0.3, -0.25) is 9.69 Å². The smallest absolute Gasteiger partial charge is 0.222 e. The van der Waals surface area contributed by atoms with Gasteiger partial charge in [-0.2, -0.15) is 0 Å². The number of nitrogens with zero attached hydrogens (tertiary/aromatic N) is 4. The van der Waals surface area contributed by atoms with Crippen LogP contribution in [0.3, 0.4) is 0 Å². The second kappa shape index (κ2) is 9.40. The number of rotatable bonds is 6. The predicted molar refractivity (Wildman–Crippen MR) is 109 cm³/mol. The summed E-state index contributed by atoms with van der Waals surface area (Å²) in [4.78, 5) is 19.8. The van der Waals surface area contributed by atoms with Crippen LogP contribution < -0.4 is 0 Å². The van der Waals surface area contributed by atoms with E-state index in [0.717, 1.165) is 56.9 Å². The molecule has 2 saturated heterocycles. The lowest BCUT2D eigenvalue weighted by atomic mass is 9.97. The molecule has 1 aromatic heterocycles. The standard InChI is InChI=1S/C22H36N4O2/c1-24-12-6-3-8-18(24)9-7-10-22(27)26-15-11-21-19(16-26)20(23-28-21)17-25-13-4-2-5-14-25/h18H,2-17H2,1H3. The fourth-order valence-corrected chi connectivity index (χ4v) is 5.09. The van der Waals surface area contributed by atoms with Gasteiger partial charge in [0.15, 0.2) is 0 Å². The third kappa shape index (κ3) is 4.77. The summed E-state index contributed by atoms with van der Waals surface area (Å²) >= 11 is 0. The Bertz CT molecular complexity index is 653. The van der Waals surface area contributed by atoms with Crippen molar-refractivity contribution in [3.8, 4) is 0 Å². The summed E-state index contributed by atoms with van der Waals surface area (Å²) in [6.07, 6.45) is 11.5. The summed E-state index contributed by atoms with van der Waals surface area (Å²) in [6, 6.07) is 0.670. The number of hydrogen-bond donors (Lipinski definition) is 0. The number of aromatic nitrogens is 1. The molecule has 0 aliphatic carbocycles.